The Morgan fingerprint density at radius 3 is 2.64 bits per heavy atom. The first-order valence-corrected chi connectivity index (χ1v) is 4.24. The number of hydrogen-bond donors (Lipinski definition) is 0. The molecule has 2 nitrogen and oxygen atoms in total. The van der Waals surface area contributed by atoms with E-state index in [4.69, 9.17) is 9.31 Å². The van der Waals surface area contributed by atoms with Crippen LogP contribution >= 0.6 is 0 Å². The monoisotopic (exact) mass is 154 g/mol. The lowest BCUT2D eigenvalue weighted by atomic mass is 9.88. The lowest BCUT2D eigenvalue weighted by molar-refractivity contribution is 0.365. The molecule has 0 N–H and O–H groups in total. The van der Waals surface area contributed by atoms with Crippen LogP contribution in [0.2, 0.25) is 0 Å². The summed E-state index contributed by atoms with van der Waals surface area (Å²) in [6.07, 6.45) is 3.32. The second kappa shape index (κ2) is 4.57. The molecule has 0 bridgehead atoms. The Labute approximate surface area is 68.7 Å². The molecule has 0 radical (unpaired) electrons. The van der Waals surface area contributed by atoms with Gasteiger partial charge in [0, 0.05) is 0 Å². The molecule has 0 saturated carbocycles. The quantitative estimate of drug-likeness (QED) is 0.575. The smallest absolute Gasteiger partial charge is 0.405 e. The van der Waals surface area contributed by atoms with Crippen LogP contribution in [0.4, 0.5) is 0 Å². The molecule has 1 rings (SSSR count). The number of rotatable bonds is 3. The van der Waals surface area contributed by atoms with Crippen LogP contribution in [-0.4, -0.2) is 20.3 Å². The Morgan fingerprint density at radius 2 is 2.09 bits per heavy atom. The molecular weight excluding hydrogens is 139 g/mol. The van der Waals surface area contributed by atoms with Crippen molar-refractivity contribution in [1.29, 1.82) is 0 Å². The van der Waals surface area contributed by atoms with Crippen molar-refractivity contribution in [2.75, 3.05) is 13.2 Å². The van der Waals surface area contributed by atoms with E-state index in [1.54, 1.807) is 0 Å². The van der Waals surface area contributed by atoms with Crippen molar-refractivity contribution in [1.82, 2.24) is 0 Å². The Morgan fingerprint density at radius 1 is 1.45 bits per heavy atom. The summed E-state index contributed by atoms with van der Waals surface area (Å²) in [5.41, 5.74) is 0. The molecule has 3 heteroatoms. The zero-order chi connectivity index (χ0) is 8.10. The van der Waals surface area contributed by atoms with Crippen LogP contribution < -0.4 is 0 Å². The molecule has 0 aromatic carbocycles. The van der Waals surface area contributed by atoms with E-state index in [-0.39, 0.29) is 7.12 Å². The summed E-state index contributed by atoms with van der Waals surface area (Å²) in [7, 11) is -0.0796. The van der Waals surface area contributed by atoms with Gasteiger partial charge in [-0.15, -0.1) is 0 Å². The van der Waals surface area contributed by atoms with E-state index in [0.717, 1.165) is 13.2 Å². The average Bonchev–Trinajstić information content (AvgIpc) is 2.52. The zero-order valence-corrected chi connectivity index (χ0v) is 7.25. The van der Waals surface area contributed by atoms with Crippen LogP contribution in [-0.2, 0) is 9.31 Å². The van der Waals surface area contributed by atoms with Gasteiger partial charge in [-0.2, -0.15) is 0 Å². The molecule has 1 aliphatic heterocycles. The molecule has 1 aliphatic rings. The highest BCUT2D eigenvalue weighted by Crippen LogP contribution is 2.05. The predicted molar refractivity (Wildman–Crippen MR) is 46.3 cm³/mol. The summed E-state index contributed by atoms with van der Waals surface area (Å²) < 4.78 is 10.5. The van der Waals surface area contributed by atoms with Crippen molar-refractivity contribution < 1.29 is 9.31 Å². The standard InChI is InChI=1S/C8H15BO2/c1-3-8(2)4-5-9-10-6-7-11-9/h4-5,8H,3,6-7H2,1-2H3/b5-4+. The van der Waals surface area contributed by atoms with Gasteiger partial charge in [0.1, 0.15) is 0 Å². The van der Waals surface area contributed by atoms with Gasteiger partial charge < -0.3 is 9.31 Å². The molecule has 0 aromatic heterocycles. The van der Waals surface area contributed by atoms with E-state index >= 15 is 0 Å². The van der Waals surface area contributed by atoms with E-state index in [1.165, 1.54) is 6.42 Å². The first kappa shape index (κ1) is 8.82. The highest BCUT2D eigenvalue weighted by atomic mass is 16.6. The Hall–Kier alpha value is -0.275. The van der Waals surface area contributed by atoms with E-state index in [1.807, 2.05) is 5.98 Å². The maximum atomic E-state index is 5.24. The van der Waals surface area contributed by atoms with Crippen LogP contribution in [0.1, 0.15) is 20.3 Å². The van der Waals surface area contributed by atoms with Crippen molar-refractivity contribution in [2.45, 2.75) is 20.3 Å². The van der Waals surface area contributed by atoms with Crippen LogP contribution in [0.3, 0.4) is 0 Å². The highest BCUT2D eigenvalue weighted by Gasteiger charge is 2.19. The predicted octanol–water partition coefficient (Wildman–Crippen LogP) is 1.66. The largest absolute Gasteiger partial charge is 0.485 e. The second-order valence-electron chi connectivity index (χ2n) is 2.88. The van der Waals surface area contributed by atoms with Gasteiger partial charge in [-0.05, 0) is 5.92 Å². The fourth-order valence-corrected chi connectivity index (χ4v) is 0.904. The van der Waals surface area contributed by atoms with Crippen LogP contribution in [0.25, 0.3) is 0 Å². The van der Waals surface area contributed by atoms with Gasteiger partial charge >= 0.3 is 7.12 Å². The highest BCUT2D eigenvalue weighted by molar-refractivity contribution is 6.51. The van der Waals surface area contributed by atoms with Crippen molar-refractivity contribution in [3.05, 3.63) is 12.1 Å². The first-order valence-electron chi connectivity index (χ1n) is 4.24. The molecule has 11 heavy (non-hydrogen) atoms. The number of allylic oxidation sites excluding steroid dienone is 1. The molecule has 0 aliphatic carbocycles. The van der Waals surface area contributed by atoms with Gasteiger partial charge in [-0.25, -0.2) is 0 Å². The van der Waals surface area contributed by atoms with E-state index < -0.39 is 0 Å². The summed E-state index contributed by atoms with van der Waals surface area (Å²) in [4.78, 5) is 0. The van der Waals surface area contributed by atoms with Crippen molar-refractivity contribution in [3.8, 4) is 0 Å². The third-order valence-corrected chi connectivity index (χ3v) is 1.89. The lowest BCUT2D eigenvalue weighted by Gasteiger charge is -2.00. The Kier molecular flexibility index (Phi) is 3.67. The topological polar surface area (TPSA) is 18.5 Å². The number of hydrogen-bond acceptors (Lipinski definition) is 2. The summed E-state index contributed by atoms with van der Waals surface area (Å²) >= 11 is 0. The molecule has 1 heterocycles. The summed E-state index contributed by atoms with van der Waals surface area (Å²) in [6.45, 7) is 5.82. The van der Waals surface area contributed by atoms with E-state index in [2.05, 4.69) is 19.9 Å². The van der Waals surface area contributed by atoms with Gasteiger partial charge in [0.05, 0.1) is 13.2 Å². The zero-order valence-electron chi connectivity index (χ0n) is 7.25. The third kappa shape index (κ3) is 3.08. The van der Waals surface area contributed by atoms with Crippen LogP contribution in [0.15, 0.2) is 12.1 Å². The summed E-state index contributed by atoms with van der Waals surface area (Å²) in [5, 5.41) is 0. The average molecular weight is 154 g/mol. The third-order valence-electron chi connectivity index (χ3n) is 1.89. The first-order chi connectivity index (χ1) is 5.33. The van der Waals surface area contributed by atoms with Gasteiger partial charge in [0.25, 0.3) is 0 Å². The van der Waals surface area contributed by atoms with E-state index in [9.17, 15) is 0 Å². The summed E-state index contributed by atoms with van der Waals surface area (Å²) in [5.74, 6) is 2.63. The van der Waals surface area contributed by atoms with Crippen LogP contribution in [0.5, 0.6) is 0 Å². The van der Waals surface area contributed by atoms with Crippen LogP contribution in [0, 0.1) is 5.92 Å². The Balaban J connectivity index is 2.22. The van der Waals surface area contributed by atoms with Crippen molar-refractivity contribution in [3.63, 3.8) is 0 Å². The Bertz CT molecular complexity index is 130. The second-order valence-corrected chi connectivity index (χ2v) is 2.88. The lowest BCUT2D eigenvalue weighted by Crippen LogP contribution is -2.10. The van der Waals surface area contributed by atoms with Gasteiger partial charge in [-0.1, -0.05) is 32.3 Å². The minimum atomic E-state index is -0.0796. The molecule has 1 atom stereocenters. The maximum absolute atomic E-state index is 5.24. The fraction of sp³-hybridized carbons (Fsp3) is 0.750. The molecule has 0 amide bonds. The molecule has 0 aromatic rings. The maximum Gasteiger partial charge on any atom is 0.485 e. The van der Waals surface area contributed by atoms with Crippen molar-refractivity contribution in [2.24, 2.45) is 5.92 Å². The molecule has 1 saturated heterocycles. The van der Waals surface area contributed by atoms with Crippen molar-refractivity contribution >= 4 is 7.12 Å². The minimum absolute atomic E-state index is 0.0796. The molecule has 0 spiro atoms. The fourth-order valence-electron chi connectivity index (χ4n) is 0.904. The SMILES string of the molecule is CCC(C)/C=C/B1OCCO1. The molecular formula is C8H15BO2. The van der Waals surface area contributed by atoms with E-state index in [0.29, 0.717) is 5.92 Å². The normalized spacial score (nSPS) is 21.5. The molecule has 1 unspecified atom stereocenters. The summed E-state index contributed by atoms with van der Waals surface area (Å²) in [6, 6.07) is 0. The van der Waals surface area contributed by atoms with Gasteiger partial charge in [0.2, 0.25) is 0 Å². The van der Waals surface area contributed by atoms with Gasteiger partial charge in [0.15, 0.2) is 0 Å². The van der Waals surface area contributed by atoms with Gasteiger partial charge in [-0.3, -0.25) is 0 Å². The molecule has 62 valence electrons. The molecule has 1 fully saturated rings. The minimum Gasteiger partial charge on any atom is -0.405 e.